The van der Waals surface area contributed by atoms with Crippen LogP contribution < -0.4 is 0 Å². The summed E-state index contributed by atoms with van der Waals surface area (Å²) in [7, 11) is 0. The maximum Gasteiger partial charge on any atom is -0.0153 e. The van der Waals surface area contributed by atoms with Crippen LogP contribution in [0.25, 0.3) is 0 Å². The van der Waals surface area contributed by atoms with Crippen molar-refractivity contribution in [1.29, 1.82) is 0 Å². The van der Waals surface area contributed by atoms with Crippen LogP contribution in [0.5, 0.6) is 0 Å². The molecule has 0 aromatic carbocycles. The van der Waals surface area contributed by atoms with Crippen molar-refractivity contribution in [3.05, 3.63) is 24.3 Å². The fourth-order valence-electron chi connectivity index (χ4n) is 4.42. The van der Waals surface area contributed by atoms with E-state index in [0.717, 1.165) is 23.7 Å². The lowest BCUT2D eigenvalue weighted by atomic mass is 9.80. The molecule has 134 valence electrons. The standard InChI is InChI=1S/C24H38/c1-3-5-10-22-17-19-24(20-18-22)12-9-7-6-8-11-23-15-13-21(4-2)14-16-23/h8-9,11-12,21-24H,3-5,10,13-20H2,1-2H3. The summed E-state index contributed by atoms with van der Waals surface area (Å²) < 4.78 is 0. The van der Waals surface area contributed by atoms with Crippen molar-refractivity contribution in [1.82, 2.24) is 0 Å². The average Bonchev–Trinajstić information content (AvgIpc) is 2.64. The molecule has 0 saturated heterocycles. The van der Waals surface area contributed by atoms with Gasteiger partial charge in [-0.15, -0.1) is 0 Å². The molecule has 2 rings (SSSR count). The van der Waals surface area contributed by atoms with E-state index in [2.05, 4.69) is 50.0 Å². The van der Waals surface area contributed by atoms with Gasteiger partial charge in [-0.2, -0.15) is 0 Å². The molecule has 0 aromatic rings. The molecule has 0 unspecified atom stereocenters. The molecule has 0 bridgehead atoms. The molecule has 2 saturated carbocycles. The Morgan fingerprint density at radius 3 is 1.67 bits per heavy atom. The minimum atomic E-state index is 0.782. The highest BCUT2D eigenvalue weighted by Crippen LogP contribution is 2.32. The van der Waals surface area contributed by atoms with E-state index in [-0.39, 0.29) is 0 Å². The number of rotatable bonds is 6. The van der Waals surface area contributed by atoms with Crippen LogP contribution in [0.15, 0.2) is 24.3 Å². The topological polar surface area (TPSA) is 0 Å². The minimum absolute atomic E-state index is 0.782. The molecule has 0 spiro atoms. The lowest BCUT2D eigenvalue weighted by Gasteiger charge is -2.26. The second-order valence-corrected chi connectivity index (χ2v) is 8.12. The second-order valence-electron chi connectivity index (χ2n) is 8.12. The van der Waals surface area contributed by atoms with Crippen LogP contribution in [0.3, 0.4) is 0 Å². The van der Waals surface area contributed by atoms with Gasteiger partial charge in [0, 0.05) is 0 Å². The number of hydrogen-bond acceptors (Lipinski definition) is 0. The van der Waals surface area contributed by atoms with Crippen LogP contribution in [0.1, 0.15) is 90.9 Å². The molecule has 0 aliphatic heterocycles. The number of allylic oxidation sites excluding steroid dienone is 4. The van der Waals surface area contributed by atoms with Gasteiger partial charge in [0.1, 0.15) is 0 Å². The van der Waals surface area contributed by atoms with Crippen LogP contribution in [0.4, 0.5) is 0 Å². The monoisotopic (exact) mass is 326 g/mol. The van der Waals surface area contributed by atoms with Crippen LogP contribution in [-0.2, 0) is 0 Å². The van der Waals surface area contributed by atoms with E-state index in [4.69, 9.17) is 0 Å². The summed E-state index contributed by atoms with van der Waals surface area (Å²) in [5.74, 6) is 9.99. The molecule has 2 aliphatic carbocycles. The van der Waals surface area contributed by atoms with Crippen molar-refractivity contribution in [2.45, 2.75) is 90.9 Å². The molecule has 0 heterocycles. The Balaban J connectivity index is 1.61. The summed E-state index contributed by atoms with van der Waals surface area (Å²) in [5, 5.41) is 0. The highest BCUT2D eigenvalue weighted by Gasteiger charge is 2.19. The molecule has 2 fully saturated rings. The lowest BCUT2D eigenvalue weighted by Crippen LogP contribution is -2.12. The van der Waals surface area contributed by atoms with Gasteiger partial charge in [-0.3, -0.25) is 0 Å². The van der Waals surface area contributed by atoms with E-state index in [9.17, 15) is 0 Å². The normalized spacial score (nSPS) is 31.2. The maximum absolute atomic E-state index is 3.22. The van der Waals surface area contributed by atoms with Gasteiger partial charge in [-0.05, 0) is 87.2 Å². The molecule has 24 heavy (non-hydrogen) atoms. The Bertz CT molecular complexity index is 428. The van der Waals surface area contributed by atoms with Crippen molar-refractivity contribution in [3.8, 4) is 11.8 Å². The van der Waals surface area contributed by atoms with Gasteiger partial charge in [0.25, 0.3) is 0 Å². The smallest absolute Gasteiger partial charge is 0.0153 e. The second kappa shape index (κ2) is 11.6. The first-order valence-corrected chi connectivity index (χ1v) is 10.7. The summed E-state index contributed by atoms with van der Waals surface area (Å²) in [4.78, 5) is 0. The Kier molecular flexibility index (Phi) is 9.34. The zero-order valence-corrected chi connectivity index (χ0v) is 16.1. The summed E-state index contributed by atoms with van der Waals surface area (Å²) in [5.41, 5.74) is 0. The van der Waals surface area contributed by atoms with Crippen LogP contribution in [0, 0.1) is 35.5 Å². The van der Waals surface area contributed by atoms with Crippen molar-refractivity contribution in [2.75, 3.05) is 0 Å². The van der Waals surface area contributed by atoms with E-state index < -0.39 is 0 Å². The van der Waals surface area contributed by atoms with E-state index in [0.29, 0.717) is 0 Å². The third kappa shape index (κ3) is 7.29. The first-order valence-electron chi connectivity index (χ1n) is 10.7. The summed E-state index contributed by atoms with van der Waals surface area (Å²) in [6, 6.07) is 0. The van der Waals surface area contributed by atoms with Gasteiger partial charge >= 0.3 is 0 Å². The molecule has 0 atom stereocenters. The minimum Gasteiger partial charge on any atom is -0.0730 e. The van der Waals surface area contributed by atoms with E-state index in [1.54, 1.807) is 0 Å². The largest absolute Gasteiger partial charge is 0.0730 e. The molecular formula is C24H38. The molecule has 0 N–H and O–H groups in total. The third-order valence-electron chi connectivity index (χ3n) is 6.31. The molecule has 0 heteroatoms. The summed E-state index contributed by atoms with van der Waals surface area (Å²) in [6.45, 7) is 4.63. The molecular weight excluding hydrogens is 288 g/mol. The van der Waals surface area contributed by atoms with Crippen molar-refractivity contribution < 1.29 is 0 Å². The summed E-state index contributed by atoms with van der Waals surface area (Å²) >= 11 is 0. The Labute approximate surface area is 151 Å². The van der Waals surface area contributed by atoms with E-state index in [1.165, 1.54) is 77.0 Å². The van der Waals surface area contributed by atoms with Gasteiger partial charge in [0.2, 0.25) is 0 Å². The third-order valence-corrected chi connectivity index (χ3v) is 6.31. The van der Waals surface area contributed by atoms with Crippen LogP contribution >= 0.6 is 0 Å². The SMILES string of the molecule is CCCCC1CCC(C=CC#CC=CC2CCC(CC)CC2)CC1. The van der Waals surface area contributed by atoms with Crippen molar-refractivity contribution in [3.63, 3.8) is 0 Å². The Morgan fingerprint density at radius 2 is 1.21 bits per heavy atom. The van der Waals surface area contributed by atoms with Crippen LogP contribution in [-0.4, -0.2) is 0 Å². The molecule has 0 aromatic heterocycles. The first kappa shape index (κ1) is 19.4. The molecule has 2 aliphatic rings. The molecule has 0 nitrogen and oxygen atoms in total. The highest BCUT2D eigenvalue weighted by molar-refractivity contribution is 5.24. The van der Waals surface area contributed by atoms with Crippen molar-refractivity contribution >= 4 is 0 Å². The maximum atomic E-state index is 3.22. The predicted octanol–water partition coefficient (Wildman–Crippen LogP) is 7.32. The Hall–Kier alpha value is -0.960. The van der Waals surface area contributed by atoms with E-state index >= 15 is 0 Å². The fraction of sp³-hybridized carbons (Fsp3) is 0.750. The van der Waals surface area contributed by atoms with Crippen molar-refractivity contribution in [2.24, 2.45) is 23.7 Å². The van der Waals surface area contributed by atoms with Gasteiger partial charge in [-0.25, -0.2) is 0 Å². The van der Waals surface area contributed by atoms with Gasteiger partial charge in [-0.1, -0.05) is 63.5 Å². The number of hydrogen-bond donors (Lipinski definition) is 0. The summed E-state index contributed by atoms with van der Waals surface area (Å²) in [6.07, 6.45) is 25.7. The van der Waals surface area contributed by atoms with Gasteiger partial charge < -0.3 is 0 Å². The first-order chi connectivity index (χ1) is 11.8. The zero-order chi connectivity index (χ0) is 17.0. The molecule has 0 amide bonds. The fourth-order valence-corrected chi connectivity index (χ4v) is 4.42. The highest BCUT2D eigenvalue weighted by atomic mass is 14.2. The predicted molar refractivity (Wildman–Crippen MR) is 107 cm³/mol. The van der Waals surface area contributed by atoms with E-state index in [1.807, 2.05) is 0 Å². The van der Waals surface area contributed by atoms with Crippen LogP contribution in [0.2, 0.25) is 0 Å². The zero-order valence-electron chi connectivity index (χ0n) is 16.1. The van der Waals surface area contributed by atoms with Gasteiger partial charge in [0.15, 0.2) is 0 Å². The average molecular weight is 327 g/mol. The number of unbranched alkanes of at least 4 members (excludes halogenated alkanes) is 1. The molecule has 0 radical (unpaired) electrons. The Morgan fingerprint density at radius 1 is 0.708 bits per heavy atom. The van der Waals surface area contributed by atoms with Gasteiger partial charge in [0.05, 0.1) is 0 Å². The lowest BCUT2D eigenvalue weighted by molar-refractivity contribution is 0.291. The quantitative estimate of drug-likeness (QED) is 0.449.